The van der Waals surface area contributed by atoms with Gasteiger partial charge in [-0.15, -0.1) is 0 Å². The van der Waals surface area contributed by atoms with Gasteiger partial charge >= 0.3 is 0 Å². The number of ether oxygens (including phenoxy) is 1. The topological polar surface area (TPSA) is 88.2 Å². The Kier molecular flexibility index (Phi) is 6.63. The summed E-state index contributed by atoms with van der Waals surface area (Å²) in [4.78, 5) is 20.1. The van der Waals surface area contributed by atoms with Crippen LogP contribution < -0.4 is 20.7 Å². The van der Waals surface area contributed by atoms with Crippen LogP contribution >= 0.6 is 0 Å². The number of para-hydroxylation sites is 1. The molecule has 3 rings (SSSR count). The number of amides is 1. The summed E-state index contributed by atoms with van der Waals surface area (Å²) in [6.45, 7) is 4.05. The Hall–Kier alpha value is -3.61. The molecule has 0 aliphatic rings. The van der Waals surface area contributed by atoms with E-state index in [-0.39, 0.29) is 5.91 Å². The number of hydrogen-bond acceptors (Lipinski definition) is 6. The third kappa shape index (κ3) is 5.93. The molecule has 3 N–H and O–H groups in total. The van der Waals surface area contributed by atoms with Crippen molar-refractivity contribution in [3.05, 3.63) is 66.0 Å². The molecule has 150 valence electrons. The summed E-state index contributed by atoms with van der Waals surface area (Å²) >= 11 is 0. The van der Waals surface area contributed by atoms with Gasteiger partial charge in [0.1, 0.15) is 23.2 Å². The van der Waals surface area contributed by atoms with Crippen LogP contribution in [0.4, 0.5) is 23.0 Å². The summed E-state index contributed by atoms with van der Waals surface area (Å²) in [5.74, 6) is 2.86. The summed E-state index contributed by atoms with van der Waals surface area (Å²) in [5, 5.41) is 9.38. The van der Waals surface area contributed by atoms with E-state index >= 15 is 0 Å². The Morgan fingerprint density at radius 1 is 1.00 bits per heavy atom. The van der Waals surface area contributed by atoms with Crippen LogP contribution in [0.5, 0.6) is 5.75 Å². The van der Waals surface area contributed by atoms with E-state index in [1.54, 1.807) is 7.11 Å². The first-order valence-electron chi connectivity index (χ1n) is 9.39. The lowest BCUT2D eigenvalue weighted by Crippen LogP contribution is -2.09. The maximum absolute atomic E-state index is 11.2. The van der Waals surface area contributed by atoms with Crippen LogP contribution in [0.15, 0.2) is 54.6 Å². The zero-order valence-corrected chi connectivity index (χ0v) is 16.8. The molecule has 2 aromatic carbocycles. The number of aryl methyl sites for hydroxylation is 1. The minimum Gasteiger partial charge on any atom is -0.496 e. The highest BCUT2D eigenvalue weighted by atomic mass is 16.5. The first-order valence-corrected chi connectivity index (χ1v) is 9.39. The molecule has 1 heterocycles. The van der Waals surface area contributed by atoms with Crippen LogP contribution in [0.2, 0.25) is 0 Å². The lowest BCUT2D eigenvalue weighted by molar-refractivity contribution is -0.114. The molecule has 7 nitrogen and oxygen atoms in total. The van der Waals surface area contributed by atoms with Crippen LogP contribution in [0.3, 0.4) is 0 Å². The second kappa shape index (κ2) is 9.54. The van der Waals surface area contributed by atoms with E-state index in [1.165, 1.54) is 6.92 Å². The normalized spacial score (nSPS) is 10.3. The monoisotopic (exact) mass is 391 g/mol. The molecule has 0 aliphatic heterocycles. The first kappa shape index (κ1) is 20.1. The Morgan fingerprint density at radius 3 is 2.55 bits per heavy atom. The second-order valence-corrected chi connectivity index (χ2v) is 6.56. The summed E-state index contributed by atoms with van der Waals surface area (Å²) < 4.78 is 5.40. The zero-order valence-electron chi connectivity index (χ0n) is 16.8. The molecular weight excluding hydrogens is 366 g/mol. The van der Waals surface area contributed by atoms with Crippen LogP contribution in [-0.4, -0.2) is 29.5 Å². The Morgan fingerprint density at radius 2 is 1.76 bits per heavy atom. The van der Waals surface area contributed by atoms with E-state index in [0.717, 1.165) is 34.9 Å². The van der Waals surface area contributed by atoms with Gasteiger partial charge in [-0.1, -0.05) is 24.3 Å². The fraction of sp³-hybridized carbons (Fsp3) is 0.227. The highest BCUT2D eigenvalue weighted by Gasteiger charge is 2.05. The molecule has 0 bridgehead atoms. The summed E-state index contributed by atoms with van der Waals surface area (Å²) in [5.41, 5.74) is 2.69. The smallest absolute Gasteiger partial charge is 0.221 e. The van der Waals surface area contributed by atoms with Crippen LogP contribution in [0, 0.1) is 6.92 Å². The third-order valence-corrected chi connectivity index (χ3v) is 4.19. The number of methoxy groups -OCH3 is 1. The maximum atomic E-state index is 11.2. The van der Waals surface area contributed by atoms with Crippen molar-refractivity contribution < 1.29 is 9.53 Å². The molecule has 0 atom stereocenters. The molecule has 0 spiro atoms. The van der Waals surface area contributed by atoms with E-state index < -0.39 is 0 Å². The summed E-state index contributed by atoms with van der Waals surface area (Å²) in [6, 6.07) is 17.3. The molecule has 0 radical (unpaired) electrons. The van der Waals surface area contributed by atoms with E-state index in [9.17, 15) is 4.79 Å². The molecule has 0 fully saturated rings. The Labute approximate surface area is 170 Å². The number of rotatable bonds is 8. The highest BCUT2D eigenvalue weighted by molar-refractivity contribution is 5.89. The van der Waals surface area contributed by atoms with Gasteiger partial charge in [0.15, 0.2) is 0 Å². The van der Waals surface area contributed by atoms with Gasteiger partial charge in [0.2, 0.25) is 5.91 Å². The number of carbonyl (C=O) groups is 1. The van der Waals surface area contributed by atoms with Crippen molar-refractivity contribution in [3.63, 3.8) is 0 Å². The number of carbonyl (C=O) groups excluding carboxylic acids is 1. The van der Waals surface area contributed by atoms with Crippen molar-refractivity contribution in [3.8, 4) is 5.75 Å². The van der Waals surface area contributed by atoms with Gasteiger partial charge in [0.05, 0.1) is 7.11 Å². The van der Waals surface area contributed by atoms with Gasteiger partial charge in [0.25, 0.3) is 0 Å². The van der Waals surface area contributed by atoms with Crippen molar-refractivity contribution in [1.29, 1.82) is 0 Å². The fourth-order valence-corrected chi connectivity index (χ4v) is 2.98. The van der Waals surface area contributed by atoms with E-state index in [0.29, 0.717) is 18.2 Å². The number of anilines is 4. The molecule has 1 aromatic heterocycles. The van der Waals surface area contributed by atoms with E-state index in [4.69, 9.17) is 4.74 Å². The van der Waals surface area contributed by atoms with E-state index in [2.05, 4.69) is 32.0 Å². The first-order chi connectivity index (χ1) is 14.0. The average Bonchev–Trinajstić information content (AvgIpc) is 2.68. The molecule has 0 unspecified atom stereocenters. The number of aromatic nitrogens is 2. The molecule has 3 aromatic rings. The van der Waals surface area contributed by atoms with Crippen LogP contribution in [0.25, 0.3) is 0 Å². The standard InChI is InChI=1S/C22H25N5O2/c1-15-24-21(23-12-11-17-7-4-5-10-20(17)29-3)14-22(25-15)27-19-9-6-8-18(13-19)26-16(2)28/h4-10,13-14H,11-12H2,1-3H3,(H,26,28)(H2,23,24,25,27). The minimum atomic E-state index is -0.110. The molecule has 1 amide bonds. The van der Waals surface area contributed by atoms with Gasteiger partial charge in [-0.2, -0.15) is 0 Å². The third-order valence-electron chi connectivity index (χ3n) is 4.19. The van der Waals surface area contributed by atoms with Gasteiger partial charge in [-0.3, -0.25) is 4.79 Å². The summed E-state index contributed by atoms with van der Waals surface area (Å²) in [6.07, 6.45) is 0.814. The van der Waals surface area contributed by atoms with Crippen LogP contribution in [0.1, 0.15) is 18.3 Å². The van der Waals surface area contributed by atoms with Crippen LogP contribution in [-0.2, 0) is 11.2 Å². The molecule has 0 saturated heterocycles. The van der Waals surface area contributed by atoms with Gasteiger partial charge in [0, 0.05) is 30.9 Å². The fourth-order valence-electron chi connectivity index (χ4n) is 2.98. The summed E-state index contributed by atoms with van der Waals surface area (Å²) in [7, 11) is 1.68. The lowest BCUT2D eigenvalue weighted by Gasteiger charge is -2.12. The van der Waals surface area contributed by atoms with Crippen molar-refractivity contribution in [2.24, 2.45) is 0 Å². The number of nitrogens with zero attached hydrogens (tertiary/aromatic N) is 2. The number of nitrogens with one attached hydrogen (secondary N) is 3. The van der Waals surface area contributed by atoms with Crippen molar-refractivity contribution in [2.45, 2.75) is 20.3 Å². The Balaban J connectivity index is 1.66. The zero-order chi connectivity index (χ0) is 20.6. The SMILES string of the molecule is COc1ccccc1CCNc1cc(Nc2cccc(NC(C)=O)c2)nc(C)n1. The molecule has 7 heteroatoms. The number of benzene rings is 2. The molecule has 29 heavy (non-hydrogen) atoms. The second-order valence-electron chi connectivity index (χ2n) is 6.56. The predicted octanol–water partition coefficient (Wildman–Crippen LogP) is 4.15. The van der Waals surface area contributed by atoms with Crippen molar-refractivity contribution in [2.75, 3.05) is 29.6 Å². The van der Waals surface area contributed by atoms with Gasteiger partial charge in [-0.05, 0) is 43.2 Å². The minimum absolute atomic E-state index is 0.110. The largest absolute Gasteiger partial charge is 0.496 e. The average molecular weight is 391 g/mol. The Bertz CT molecular complexity index is 990. The molecule has 0 aliphatic carbocycles. The van der Waals surface area contributed by atoms with Crippen molar-refractivity contribution >= 4 is 28.9 Å². The predicted molar refractivity (Wildman–Crippen MR) is 116 cm³/mol. The lowest BCUT2D eigenvalue weighted by atomic mass is 10.1. The van der Waals surface area contributed by atoms with Gasteiger partial charge < -0.3 is 20.7 Å². The number of hydrogen-bond donors (Lipinski definition) is 3. The molecule has 0 saturated carbocycles. The highest BCUT2D eigenvalue weighted by Crippen LogP contribution is 2.21. The van der Waals surface area contributed by atoms with E-state index in [1.807, 2.05) is 55.5 Å². The molecular formula is C22H25N5O2. The quantitative estimate of drug-likeness (QED) is 0.535. The van der Waals surface area contributed by atoms with Gasteiger partial charge in [-0.25, -0.2) is 9.97 Å². The van der Waals surface area contributed by atoms with Crippen molar-refractivity contribution in [1.82, 2.24) is 9.97 Å². The maximum Gasteiger partial charge on any atom is 0.221 e.